The Morgan fingerprint density at radius 3 is 2.68 bits per heavy atom. The maximum absolute atomic E-state index is 13.5. The van der Waals surface area contributed by atoms with Crippen molar-refractivity contribution >= 4 is 10.0 Å². The molecule has 0 saturated heterocycles. The monoisotopic (exact) mass is 280 g/mol. The highest BCUT2D eigenvalue weighted by molar-refractivity contribution is 7.89. The molecule has 6 heteroatoms. The van der Waals surface area contributed by atoms with Crippen molar-refractivity contribution in [2.24, 2.45) is 0 Å². The minimum atomic E-state index is -3.85. The molecule has 1 N–H and O–H groups in total. The average Bonchev–Trinajstić information content (AvgIpc) is 2.38. The standard InChI is InChI=1S/C13H13FN2O2S/c1-10-8-15-7-6-11(10)9-16-19(17,18)13-5-3-2-4-12(13)14/h2-8,16H,9H2,1H3. The van der Waals surface area contributed by atoms with Gasteiger partial charge in [-0.15, -0.1) is 0 Å². The third kappa shape index (κ3) is 3.15. The lowest BCUT2D eigenvalue weighted by Crippen LogP contribution is -2.24. The highest BCUT2D eigenvalue weighted by Gasteiger charge is 2.18. The summed E-state index contributed by atoms with van der Waals surface area (Å²) in [5.41, 5.74) is 1.67. The number of benzene rings is 1. The van der Waals surface area contributed by atoms with Crippen molar-refractivity contribution in [3.05, 3.63) is 59.7 Å². The number of nitrogens with zero attached hydrogens (tertiary/aromatic N) is 1. The van der Waals surface area contributed by atoms with Gasteiger partial charge in [-0.25, -0.2) is 17.5 Å². The van der Waals surface area contributed by atoms with E-state index in [0.29, 0.717) is 0 Å². The molecule has 0 aliphatic rings. The molecule has 2 aromatic rings. The summed E-state index contributed by atoms with van der Waals surface area (Å²) < 4.78 is 39.8. The van der Waals surface area contributed by atoms with Crippen LogP contribution in [0.2, 0.25) is 0 Å². The van der Waals surface area contributed by atoms with Crippen LogP contribution in [0.4, 0.5) is 4.39 Å². The third-order valence-corrected chi connectivity index (χ3v) is 4.15. The van der Waals surface area contributed by atoms with E-state index in [2.05, 4.69) is 9.71 Å². The lowest BCUT2D eigenvalue weighted by atomic mass is 10.2. The van der Waals surface area contributed by atoms with E-state index >= 15 is 0 Å². The number of halogens is 1. The van der Waals surface area contributed by atoms with Crippen molar-refractivity contribution in [3.63, 3.8) is 0 Å². The Labute approximate surface area is 111 Å². The van der Waals surface area contributed by atoms with Crippen molar-refractivity contribution in [2.45, 2.75) is 18.4 Å². The Morgan fingerprint density at radius 1 is 1.26 bits per heavy atom. The first-order chi connectivity index (χ1) is 9.00. The van der Waals surface area contributed by atoms with Crippen LogP contribution in [0, 0.1) is 12.7 Å². The molecule has 0 saturated carbocycles. The van der Waals surface area contributed by atoms with Crippen LogP contribution in [0.15, 0.2) is 47.6 Å². The molecule has 1 heterocycles. The van der Waals surface area contributed by atoms with Gasteiger partial charge in [0.05, 0.1) is 0 Å². The Balaban J connectivity index is 2.20. The highest BCUT2D eigenvalue weighted by atomic mass is 32.2. The molecular weight excluding hydrogens is 267 g/mol. The van der Waals surface area contributed by atoms with Gasteiger partial charge in [-0.05, 0) is 36.2 Å². The van der Waals surface area contributed by atoms with Gasteiger partial charge in [0.15, 0.2) is 0 Å². The smallest absolute Gasteiger partial charge is 0.243 e. The van der Waals surface area contributed by atoms with Crippen LogP contribution in [0.3, 0.4) is 0 Å². The van der Waals surface area contributed by atoms with E-state index in [1.165, 1.54) is 18.2 Å². The summed E-state index contributed by atoms with van der Waals surface area (Å²) in [6, 6.07) is 7.00. The maximum Gasteiger partial charge on any atom is 0.243 e. The molecule has 0 fully saturated rings. The van der Waals surface area contributed by atoms with Crippen molar-refractivity contribution < 1.29 is 12.8 Å². The first-order valence-corrected chi connectivity index (χ1v) is 7.13. The molecule has 19 heavy (non-hydrogen) atoms. The summed E-state index contributed by atoms with van der Waals surface area (Å²) in [6.45, 7) is 1.94. The van der Waals surface area contributed by atoms with E-state index in [-0.39, 0.29) is 11.4 Å². The number of aromatic nitrogens is 1. The van der Waals surface area contributed by atoms with E-state index < -0.39 is 15.8 Å². The van der Waals surface area contributed by atoms with Gasteiger partial charge in [0.25, 0.3) is 0 Å². The van der Waals surface area contributed by atoms with Gasteiger partial charge in [0.2, 0.25) is 10.0 Å². The van der Waals surface area contributed by atoms with Crippen LogP contribution in [0.1, 0.15) is 11.1 Å². The Kier molecular flexibility index (Phi) is 3.92. The fourth-order valence-electron chi connectivity index (χ4n) is 1.61. The van der Waals surface area contributed by atoms with Crippen molar-refractivity contribution in [3.8, 4) is 0 Å². The van der Waals surface area contributed by atoms with Crippen molar-refractivity contribution in [1.82, 2.24) is 9.71 Å². The van der Waals surface area contributed by atoms with Crippen LogP contribution in [-0.2, 0) is 16.6 Å². The fourth-order valence-corrected chi connectivity index (χ4v) is 2.70. The average molecular weight is 280 g/mol. The van der Waals surface area contributed by atoms with Crippen LogP contribution in [0.25, 0.3) is 0 Å². The SMILES string of the molecule is Cc1cnccc1CNS(=O)(=O)c1ccccc1F. The molecule has 0 amide bonds. The molecule has 0 aliphatic heterocycles. The Morgan fingerprint density at radius 2 is 2.00 bits per heavy atom. The van der Waals surface area contributed by atoms with E-state index in [4.69, 9.17) is 0 Å². The van der Waals surface area contributed by atoms with Crippen LogP contribution < -0.4 is 4.72 Å². The first-order valence-electron chi connectivity index (χ1n) is 5.64. The molecule has 100 valence electrons. The summed E-state index contributed by atoms with van der Waals surface area (Å²) in [7, 11) is -3.85. The van der Waals surface area contributed by atoms with Gasteiger partial charge in [-0.3, -0.25) is 4.98 Å². The number of aryl methyl sites for hydroxylation is 1. The Bertz CT molecular complexity index is 687. The molecular formula is C13H13FN2O2S. The number of hydrogen-bond donors (Lipinski definition) is 1. The molecule has 2 rings (SSSR count). The number of nitrogens with one attached hydrogen (secondary N) is 1. The zero-order chi connectivity index (χ0) is 13.9. The first kappa shape index (κ1) is 13.6. The van der Waals surface area contributed by atoms with E-state index in [1.54, 1.807) is 18.5 Å². The Hall–Kier alpha value is -1.79. The zero-order valence-corrected chi connectivity index (χ0v) is 11.1. The van der Waals surface area contributed by atoms with Gasteiger partial charge >= 0.3 is 0 Å². The fraction of sp³-hybridized carbons (Fsp3) is 0.154. The van der Waals surface area contributed by atoms with Crippen LogP contribution >= 0.6 is 0 Å². The minimum absolute atomic E-state index is 0.102. The second kappa shape index (κ2) is 5.46. The van der Waals surface area contributed by atoms with Crippen molar-refractivity contribution in [1.29, 1.82) is 0 Å². The number of sulfonamides is 1. The largest absolute Gasteiger partial charge is 0.264 e. The van der Waals surface area contributed by atoms with E-state index in [1.807, 2.05) is 6.92 Å². The quantitative estimate of drug-likeness (QED) is 0.932. The summed E-state index contributed by atoms with van der Waals surface area (Å²) in [5, 5.41) is 0. The van der Waals surface area contributed by atoms with Crippen molar-refractivity contribution in [2.75, 3.05) is 0 Å². The summed E-state index contributed by atoms with van der Waals surface area (Å²) >= 11 is 0. The number of hydrogen-bond acceptors (Lipinski definition) is 3. The minimum Gasteiger partial charge on any atom is -0.264 e. The van der Waals surface area contributed by atoms with Gasteiger partial charge in [-0.1, -0.05) is 12.1 Å². The van der Waals surface area contributed by atoms with E-state index in [0.717, 1.165) is 17.2 Å². The summed E-state index contributed by atoms with van der Waals surface area (Å²) in [5.74, 6) is -0.763. The molecule has 0 radical (unpaired) electrons. The molecule has 1 aromatic heterocycles. The molecule has 1 aromatic carbocycles. The summed E-state index contributed by atoms with van der Waals surface area (Å²) in [6.07, 6.45) is 3.23. The maximum atomic E-state index is 13.5. The molecule has 0 bridgehead atoms. The summed E-state index contributed by atoms with van der Waals surface area (Å²) in [4.78, 5) is 3.58. The molecule has 4 nitrogen and oxygen atoms in total. The van der Waals surface area contributed by atoms with Gasteiger partial charge < -0.3 is 0 Å². The van der Waals surface area contributed by atoms with E-state index in [9.17, 15) is 12.8 Å². The molecule has 0 atom stereocenters. The normalized spacial score (nSPS) is 11.5. The van der Waals surface area contributed by atoms with Crippen LogP contribution in [0.5, 0.6) is 0 Å². The predicted octanol–water partition coefficient (Wildman–Crippen LogP) is 2.01. The van der Waals surface area contributed by atoms with Gasteiger partial charge in [0, 0.05) is 18.9 Å². The zero-order valence-electron chi connectivity index (χ0n) is 10.3. The topological polar surface area (TPSA) is 59.1 Å². The van der Waals surface area contributed by atoms with Crippen LogP contribution in [-0.4, -0.2) is 13.4 Å². The second-order valence-corrected chi connectivity index (χ2v) is 5.79. The second-order valence-electron chi connectivity index (χ2n) is 4.06. The third-order valence-electron chi connectivity index (χ3n) is 2.72. The molecule has 0 aliphatic carbocycles. The molecule has 0 spiro atoms. The number of rotatable bonds is 4. The predicted molar refractivity (Wildman–Crippen MR) is 69.4 cm³/mol. The lowest BCUT2D eigenvalue weighted by Gasteiger charge is -2.09. The van der Waals surface area contributed by atoms with Gasteiger partial charge in [0.1, 0.15) is 10.7 Å². The number of pyridine rings is 1. The lowest BCUT2D eigenvalue weighted by molar-refractivity contribution is 0.556. The highest BCUT2D eigenvalue weighted by Crippen LogP contribution is 2.14. The molecule has 0 unspecified atom stereocenters. The van der Waals surface area contributed by atoms with Gasteiger partial charge in [-0.2, -0.15) is 0 Å².